The molecule has 0 radical (unpaired) electrons. The van der Waals surface area contributed by atoms with E-state index in [1.54, 1.807) is 6.92 Å². The largest absolute Gasteiger partial charge is 0.368 e. The molecule has 0 spiro atoms. The van der Waals surface area contributed by atoms with Crippen LogP contribution in [0.4, 0.5) is 5.69 Å². The molecule has 1 saturated heterocycles. The predicted octanol–water partition coefficient (Wildman–Crippen LogP) is 4.10. The van der Waals surface area contributed by atoms with Crippen LogP contribution in [0.1, 0.15) is 36.1 Å². The molecule has 1 aromatic heterocycles. The van der Waals surface area contributed by atoms with Crippen LogP contribution in [0.25, 0.3) is 0 Å². The van der Waals surface area contributed by atoms with Crippen LogP contribution < -0.4 is 15.5 Å². The number of benzene rings is 2. The first-order valence-corrected chi connectivity index (χ1v) is 13.0. The van der Waals surface area contributed by atoms with Crippen molar-refractivity contribution in [1.29, 1.82) is 0 Å². The minimum Gasteiger partial charge on any atom is -0.368 e. The molecule has 37 heavy (non-hydrogen) atoms. The second kappa shape index (κ2) is 15.0. The maximum Gasteiger partial charge on any atom is 0.217 e. The zero-order valence-electron chi connectivity index (χ0n) is 21.6. The number of nitrogens with zero attached hydrogens (tertiary/aromatic N) is 3. The Balaban J connectivity index is 0.000000248. The van der Waals surface area contributed by atoms with E-state index in [2.05, 4.69) is 55.7 Å². The van der Waals surface area contributed by atoms with Gasteiger partial charge in [-0.1, -0.05) is 48.5 Å². The average Bonchev–Trinajstić information content (AvgIpc) is 2.93. The van der Waals surface area contributed by atoms with Crippen molar-refractivity contribution in [2.45, 2.75) is 39.4 Å². The van der Waals surface area contributed by atoms with Crippen molar-refractivity contribution in [2.24, 2.45) is 0 Å². The van der Waals surface area contributed by atoms with Crippen molar-refractivity contribution < 1.29 is 9.59 Å². The van der Waals surface area contributed by atoms with E-state index in [0.29, 0.717) is 19.0 Å². The van der Waals surface area contributed by atoms with E-state index in [0.717, 1.165) is 49.4 Å². The van der Waals surface area contributed by atoms with E-state index in [9.17, 15) is 9.59 Å². The van der Waals surface area contributed by atoms with Gasteiger partial charge in [-0.15, -0.1) is 11.6 Å². The first-order valence-electron chi connectivity index (χ1n) is 12.5. The number of nitrogens with one attached hydrogen (secondary N) is 2. The van der Waals surface area contributed by atoms with Gasteiger partial charge in [0.25, 0.3) is 0 Å². The van der Waals surface area contributed by atoms with Gasteiger partial charge < -0.3 is 15.5 Å². The fourth-order valence-corrected chi connectivity index (χ4v) is 4.10. The maximum atomic E-state index is 11.0. The smallest absolute Gasteiger partial charge is 0.217 e. The lowest BCUT2D eigenvalue weighted by molar-refractivity contribution is -0.120. The number of carbonyl (C=O) groups is 2. The van der Waals surface area contributed by atoms with Crippen molar-refractivity contribution in [2.75, 3.05) is 31.1 Å². The topological polar surface area (TPSA) is 77.6 Å². The van der Waals surface area contributed by atoms with Crippen LogP contribution in [0.3, 0.4) is 0 Å². The van der Waals surface area contributed by atoms with Gasteiger partial charge in [-0.2, -0.15) is 0 Å². The molecule has 3 aromatic rings. The Hall–Kier alpha value is -3.42. The third-order valence-corrected chi connectivity index (χ3v) is 6.38. The zero-order chi connectivity index (χ0) is 26.5. The Morgan fingerprint density at radius 1 is 0.784 bits per heavy atom. The number of hydrogen-bond acceptors (Lipinski definition) is 5. The lowest BCUT2D eigenvalue weighted by Gasteiger charge is -2.36. The van der Waals surface area contributed by atoms with Crippen LogP contribution in [-0.4, -0.2) is 47.9 Å². The lowest BCUT2D eigenvalue weighted by Crippen LogP contribution is -2.46. The fraction of sp³-hybridized carbons (Fsp3) is 0.345. The summed E-state index contributed by atoms with van der Waals surface area (Å²) in [5, 5.41) is 5.55. The molecule has 0 bridgehead atoms. The molecule has 2 N–H and O–H groups in total. The van der Waals surface area contributed by atoms with E-state index in [-0.39, 0.29) is 11.8 Å². The molecule has 2 amide bonds. The van der Waals surface area contributed by atoms with Gasteiger partial charge in [0.05, 0.1) is 11.9 Å². The number of hydrogen-bond donors (Lipinski definition) is 2. The van der Waals surface area contributed by atoms with Gasteiger partial charge in [0, 0.05) is 71.7 Å². The fourth-order valence-electron chi connectivity index (χ4n) is 3.92. The second-order valence-electron chi connectivity index (χ2n) is 9.06. The third-order valence-electron chi connectivity index (χ3n) is 6.07. The number of halogens is 1. The molecule has 8 heteroatoms. The van der Waals surface area contributed by atoms with E-state index in [1.807, 2.05) is 42.7 Å². The summed E-state index contributed by atoms with van der Waals surface area (Å²) in [5.74, 6) is 0.521. The first-order chi connectivity index (χ1) is 17.9. The molecule has 2 heterocycles. The van der Waals surface area contributed by atoms with E-state index in [1.165, 1.54) is 18.2 Å². The Labute approximate surface area is 224 Å². The molecular formula is C29H36ClN5O2. The number of rotatable bonds is 8. The highest BCUT2D eigenvalue weighted by Gasteiger charge is 2.17. The zero-order valence-corrected chi connectivity index (χ0v) is 22.4. The highest BCUT2D eigenvalue weighted by Crippen LogP contribution is 2.16. The number of aromatic nitrogens is 1. The Morgan fingerprint density at radius 3 is 1.76 bits per heavy atom. The van der Waals surface area contributed by atoms with E-state index < -0.39 is 0 Å². The van der Waals surface area contributed by atoms with Gasteiger partial charge in [-0.3, -0.25) is 19.5 Å². The van der Waals surface area contributed by atoms with Crippen LogP contribution >= 0.6 is 11.6 Å². The van der Waals surface area contributed by atoms with Crippen LogP contribution in [0.15, 0.2) is 73.1 Å². The van der Waals surface area contributed by atoms with Crippen molar-refractivity contribution in [3.8, 4) is 0 Å². The summed E-state index contributed by atoms with van der Waals surface area (Å²) >= 11 is 5.64. The highest BCUT2D eigenvalue weighted by atomic mass is 35.5. The quantitative estimate of drug-likeness (QED) is 0.436. The van der Waals surface area contributed by atoms with E-state index >= 15 is 0 Å². The molecule has 0 atom stereocenters. The monoisotopic (exact) mass is 521 g/mol. The molecule has 1 fully saturated rings. The molecule has 0 unspecified atom stereocenters. The van der Waals surface area contributed by atoms with Crippen molar-refractivity contribution in [1.82, 2.24) is 20.5 Å². The maximum absolute atomic E-state index is 11.0. The summed E-state index contributed by atoms with van der Waals surface area (Å²) in [5.41, 5.74) is 5.84. The van der Waals surface area contributed by atoms with Crippen LogP contribution in [0, 0.1) is 0 Å². The highest BCUT2D eigenvalue weighted by molar-refractivity contribution is 6.17. The van der Waals surface area contributed by atoms with Crippen molar-refractivity contribution >= 4 is 29.1 Å². The summed E-state index contributed by atoms with van der Waals surface area (Å²) in [6.45, 7) is 9.38. The molecule has 1 aliphatic heterocycles. The van der Waals surface area contributed by atoms with Crippen molar-refractivity contribution in [3.05, 3.63) is 95.3 Å². The average molecular weight is 522 g/mol. The minimum atomic E-state index is -0.0126. The molecule has 1 aliphatic rings. The van der Waals surface area contributed by atoms with Crippen LogP contribution in [0.2, 0.25) is 0 Å². The molecule has 2 aromatic carbocycles. The lowest BCUT2D eigenvalue weighted by atomic mass is 10.1. The summed E-state index contributed by atoms with van der Waals surface area (Å²) in [4.78, 5) is 30.6. The van der Waals surface area contributed by atoms with Gasteiger partial charge in [0.2, 0.25) is 11.8 Å². The van der Waals surface area contributed by atoms with Gasteiger partial charge in [-0.05, 0) is 34.4 Å². The van der Waals surface area contributed by atoms with Gasteiger partial charge >= 0.3 is 0 Å². The number of amides is 2. The molecular weight excluding hydrogens is 486 g/mol. The normalized spacial score (nSPS) is 13.3. The Bertz CT molecular complexity index is 1100. The first kappa shape index (κ1) is 28.2. The molecule has 0 aliphatic carbocycles. The molecule has 4 rings (SSSR count). The summed E-state index contributed by atoms with van der Waals surface area (Å²) in [6.07, 6.45) is 3.75. The SMILES string of the molecule is CC(=O)NCc1ccc(CCl)cc1.CC(=O)NCc1ccc(CN2CCN(c3cccnc3)CC2)cc1. The Morgan fingerprint density at radius 2 is 1.30 bits per heavy atom. The second-order valence-corrected chi connectivity index (χ2v) is 9.33. The van der Waals surface area contributed by atoms with Gasteiger partial charge in [0.15, 0.2) is 0 Å². The molecule has 0 saturated carbocycles. The summed E-state index contributed by atoms with van der Waals surface area (Å²) < 4.78 is 0. The number of pyridine rings is 1. The number of alkyl halides is 1. The molecule has 7 nitrogen and oxygen atoms in total. The standard InChI is InChI=1S/C19H24N4O.C10H12ClNO/c1-16(24)21-13-17-4-6-18(7-5-17)15-22-9-11-23(12-10-22)19-3-2-8-20-14-19;1-8(13)12-7-10-4-2-9(6-11)3-5-10/h2-8,14H,9-13,15H2,1H3,(H,21,24);2-5H,6-7H2,1H3,(H,12,13). The number of anilines is 1. The number of carbonyl (C=O) groups excluding carboxylic acids is 2. The van der Waals surface area contributed by atoms with Gasteiger partial charge in [-0.25, -0.2) is 0 Å². The summed E-state index contributed by atoms with van der Waals surface area (Å²) in [6, 6.07) is 20.5. The van der Waals surface area contributed by atoms with Crippen LogP contribution in [-0.2, 0) is 35.1 Å². The van der Waals surface area contributed by atoms with Crippen molar-refractivity contribution in [3.63, 3.8) is 0 Å². The number of piperazine rings is 1. The van der Waals surface area contributed by atoms with E-state index in [4.69, 9.17) is 11.6 Å². The Kier molecular flexibility index (Phi) is 11.4. The van der Waals surface area contributed by atoms with Crippen LogP contribution in [0.5, 0.6) is 0 Å². The molecule has 196 valence electrons. The summed E-state index contributed by atoms with van der Waals surface area (Å²) in [7, 11) is 0. The predicted molar refractivity (Wildman–Crippen MR) is 149 cm³/mol. The van der Waals surface area contributed by atoms with Gasteiger partial charge in [0.1, 0.15) is 0 Å². The minimum absolute atomic E-state index is 0.00515. The third kappa shape index (κ3) is 10.2.